The molecule has 1 aliphatic heterocycles. The highest BCUT2D eigenvalue weighted by atomic mass is 16.5. The van der Waals surface area contributed by atoms with Crippen LogP contribution in [0.5, 0.6) is 5.75 Å². The highest BCUT2D eigenvalue weighted by Crippen LogP contribution is 2.53. The predicted molar refractivity (Wildman–Crippen MR) is 134 cm³/mol. The second kappa shape index (κ2) is 9.21. The van der Waals surface area contributed by atoms with Gasteiger partial charge in [0, 0.05) is 43.2 Å². The number of piperidine rings is 1. The number of nitrogens with zero attached hydrogens (tertiary/aromatic N) is 1. The molecule has 4 saturated carbocycles. The Bertz CT molecular complexity index is 1040. The van der Waals surface area contributed by atoms with Gasteiger partial charge in [-0.25, -0.2) is 4.79 Å². The molecule has 1 heterocycles. The zero-order valence-electron chi connectivity index (χ0n) is 20.1. The highest BCUT2D eigenvalue weighted by Gasteiger charge is 2.48. The lowest BCUT2D eigenvalue weighted by Gasteiger charge is -2.54. The van der Waals surface area contributed by atoms with Gasteiger partial charge in [-0.1, -0.05) is 0 Å². The summed E-state index contributed by atoms with van der Waals surface area (Å²) >= 11 is 0. The summed E-state index contributed by atoms with van der Waals surface area (Å²) in [5, 5.41) is 12.4. The van der Waals surface area contributed by atoms with Crippen LogP contribution in [-0.2, 0) is 0 Å². The third-order valence-electron chi connectivity index (χ3n) is 8.87. The minimum atomic E-state index is -0.929. The normalized spacial score (nSPS) is 29.7. The first kappa shape index (κ1) is 22.4. The maximum absolute atomic E-state index is 13.0. The number of rotatable bonds is 6. The van der Waals surface area contributed by atoms with E-state index in [0.29, 0.717) is 23.6 Å². The number of carbonyl (C=O) groups excluding carboxylic acids is 1. The summed E-state index contributed by atoms with van der Waals surface area (Å²) in [7, 11) is 0. The van der Waals surface area contributed by atoms with Crippen LogP contribution in [-0.4, -0.2) is 42.2 Å². The van der Waals surface area contributed by atoms with Gasteiger partial charge >= 0.3 is 5.97 Å². The largest absolute Gasteiger partial charge is 0.490 e. The Kier molecular flexibility index (Phi) is 5.91. The molecule has 2 N–H and O–H groups in total. The summed E-state index contributed by atoms with van der Waals surface area (Å²) < 4.78 is 6.06. The van der Waals surface area contributed by atoms with Crippen LogP contribution in [0.2, 0.25) is 0 Å². The summed E-state index contributed by atoms with van der Waals surface area (Å²) in [6.07, 6.45) is 8.58. The number of anilines is 1. The molecule has 1 saturated heterocycles. The van der Waals surface area contributed by atoms with Crippen LogP contribution in [0.3, 0.4) is 0 Å². The molecule has 0 spiro atoms. The van der Waals surface area contributed by atoms with E-state index in [4.69, 9.17) is 9.84 Å². The molecule has 4 aliphatic carbocycles. The molecule has 5 aliphatic rings. The van der Waals surface area contributed by atoms with Crippen LogP contribution in [0.4, 0.5) is 5.69 Å². The zero-order valence-corrected chi connectivity index (χ0v) is 20.1. The number of benzene rings is 2. The van der Waals surface area contributed by atoms with Crippen LogP contribution in [0.1, 0.15) is 65.7 Å². The van der Waals surface area contributed by atoms with Crippen LogP contribution in [0.25, 0.3) is 0 Å². The SMILES string of the molecule is O=C(O)c1ccc(OC2CCN(c3ccc(C(=O)NC4C5CC6CC(C5)CC4C6)cc3)CC2)cc1. The molecule has 35 heavy (non-hydrogen) atoms. The Hall–Kier alpha value is -3.02. The molecule has 6 heteroatoms. The molecule has 184 valence electrons. The summed E-state index contributed by atoms with van der Waals surface area (Å²) in [5.41, 5.74) is 2.16. The van der Waals surface area contributed by atoms with E-state index in [9.17, 15) is 9.59 Å². The number of hydrogen-bond donors (Lipinski definition) is 2. The van der Waals surface area contributed by atoms with Crippen molar-refractivity contribution in [1.29, 1.82) is 0 Å². The molecular formula is C29H34N2O4. The van der Waals surface area contributed by atoms with Gasteiger partial charge in [-0.2, -0.15) is 0 Å². The van der Waals surface area contributed by atoms with E-state index in [1.807, 2.05) is 12.1 Å². The molecule has 5 fully saturated rings. The van der Waals surface area contributed by atoms with Gasteiger partial charge in [-0.05, 0) is 104 Å². The fourth-order valence-corrected chi connectivity index (χ4v) is 7.32. The van der Waals surface area contributed by atoms with Crippen molar-refractivity contribution in [1.82, 2.24) is 5.32 Å². The van der Waals surface area contributed by atoms with Crippen molar-refractivity contribution in [2.24, 2.45) is 23.7 Å². The standard InChI is InChI=1S/C29H34N2O4/c32-28(30-27-22-14-18-13-19(16-22)17-23(27)15-18)20-1-5-24(6-2-20)31-11-9-26(10-12-31)35-25-7-3-21(4-8-25)29(33)34/h1-8,18-19,22-23,26-27H,9-17H2,(H,30,32)(H,33,34). The van der Waals surface area contributed by atoms with Crippen molar-refractivity contribution in [2.45, 2.75) is 57.1 Å². The maximum atomic E-state index is 13.0. The van der Waals surface area contributed by atoms with E-state index in [0.717, 1.165) is 49.0 Å². The number of amides is 1. The molecule has 2 aromatic rings. The third kappa shape index (κ3) is 4.63. The zero-order chi connectivity index (χ0) is 23.9. The van der Waals surface area contributed by atoms with Gasteiger partial charge in [0.1, 0.15) is 11.9 Å². The first-order valence-corrected chi connectivity index (χ1v) is 13.2. The number of ether oxygens (including phenoxy) is 1. The molecule has 1 amide bonds. The van der Waals surface area contributed by atoms with Crippen molar-refractivity contribution in [3.8, 4) is 5.75 Å². The average molecular weight is 475 g/mol. The van der Waals surface area contributed by atoms with Gasteiger partial charge < -0.3 is 20.1 Å². The number of carbonyl (C=O) groups is 2. The fraction of sp³-hybridized carbons (Fsp3) is 0.517. The van der Waals surface area contributed by atoms with Crippen LogP contribution < -0.4 is 15.0 Å². The van der Waals surface area contributed by atoms with Crippen molar-refractivity contribution in [3.63, 3.8) is 0 Å². The van der Waals surface area contributed by atoms with Gasteiger partial charge in [0.05, 0.1) is 5.56 Å². The van der Waals surface area contributed by atoms with E-state index in [2.05, 4.69) is 22.3 Å². The molecular weight excluding hydrogens is 440 g/mol. The second-order valence-electron chi connectivity index (χ2n) is 11.1. The predicted octanol–water partition coefficient (Wildman–Crippen LogP) is 4.99. The second-order valence-corrected chi connectivity index (χ2v) is 11.1. The Balaban J connectivity index is 1.01. The van der Waals surface area contributed by atoms with E-state index < -0.39 is 5.97 Å². The molecule has 4 bridgehead atoms. The van der Waals surface area contributed by atoms with Gasteiger partial charge in [0.25, 0.3) is 5.91 Å². The topological polar surface area (TPSA) is 78.9 Å². The van der Waals surface area contributed by atoms with Crippen LogP contribution >= 0.6 is 0 Å². The Morgan fingerprint density at radius 2 is 1.37 bits per heavy atom. The average Bonchev–Trinajstić information content (AvgIpc) is 2.86. The van der Waals surface area contributed by atoms with Gasteiger partial charge in [0.2, 0.25) is 0 Å². The van der Waals surface area contributed by atoms with Crippen molar-refractivity contribution in [2.75, 3.05) is 18.0 Å². The minimum Gasteiger partial charge on any atom is -0.490 e. The molecule has 7 rings (SSSR count). The maximum Gasteiger partial charge on any atom is 0.335 e. The number of hydrogen-bond acceptors (Lipinski definition) is 4. The smallest absolute Gasteiger partial charge is 0.335 e. The lowest BCUT2D eigenvalue weighted by Crippen LogP contribution is -2.55. The highest BCUT2D eigenvalue weighted by molar-refractivity contribution is 5.94. The van der Waals surface area contributed by atoms with Crippen LogP contribution in [0, 0.1) is 23.7 Å². The Morgan fingerprint density at radius 1 is 0.800 bits per heavy atom. The van der Waals surface area contributed by atoms with Gasteiger partial charge in [0.15, 0.2) is 0 Å². The third-order valence-corrected chi connectivity index (χ3v) is 8.87. The number of aromatic carboxylic acids is 1. The van der Waals surface area contributed by atoms with E-state index in [1.165, 1.54) is 32.1 Å². The molecule has 0 radical (unpaired) electrons. The molecule has 0 aromatic heterocycles. The minimum absolute atomic E-state index is 0.0787. The first-order chi connectivity index (χ1) is 17.0. The first-order valence-electron chi connectivity index (χ1n) is 13.2. The summed E-state index contributed by atoms with van der Waals surface area (Å²) in [6, 6.07) is 15.0. The Morgan fingerprint density at radius 3 is 1.94 bits per heavy atom. The van der Waals surface area contributed by atoms with E-state index >= 15 is 0 Å². The lowest BCUT2D eigenvalue weighted by molar-refractivity contribution is -0.0119. The fourth-order valence-electron chi connectivity index (χ4n) is 7.32. The van der Waals surface area contributed by atoms with E-state index in [-0.39, 0.29) is 17.6 Å². The van der Waals surface area contributed by atoms with Crippen molar-refractivity contribution in [3.05, 3.63) is 59.7 Å². The monoisotopic (exact) mass is 474 g/mol. The van der Waals surface area contributed by atoms with Crippen LogP contribution in [0.15, 0.2) is 48.5 Å². The van der Waals surface area contributed by atoms with Gasteiger partial charge in [-0.3, -0.25) is 4.79 Å². The van der Waals surface area contributed by atoms with E-state index in [1.54, 1.807) is 24.3 Å². The quantitative estimate of drug-likeness (QED) is 0.617. The number of carboxylic acids is 1. The van der Waals surface area contributed by atoms with Gasteiger partial charge in [-0.15, -0.1) is 0 Å². The number of carboxylic acid groups (broad SMARTS) is 1. The summed E-state index contributed by atoms with van der Waals surface area (Å²) in [4.78, 5) is 26.4. The number of nitrogens with one attached hydrogen (secondary N) is 1. The molecule has 6 nitrogen and oxygen atoms in total. The summed E-state index contributed by atoms with van der Waals surface area (Å²) in [6.45, 7) is 1.77. The Labute approximate surface area is 206 Å². The van der Waals surface area contributed by atoms with Crippen molar-refractivity contribution >= 4 is 17.6 Å². The lowest BCUT2D eigenvalue weighted by atomic mass is 9.54. The van der Waals surface area contributed by atoms with Crippen molar-refractivity contribution < 1.29 is 19.4 Å². The summed E-state index contributed by atoms with van der Waals surface area (Å²) in [5.74, 6) is 3.06. The molecule has 0 unspecified atom stereocenters. The molecule has 2 aromatic carbocycles. The molecule has 0 atom stereocenters.